The van der Waals surface area contributed by atoms with Crippen LogP contribution in [0.5, 0.6) is 0 Å². The van der Waals surface area contributed by atoms with Gasteiger partial charge in [0.15, 0.2) is 0 Å². The summed E-state index contributed by atoms with van der Waals surface area (Å²) in [6.07, 6.45) is 0.594. The van der Waals surface area contributed by atoms with Crippen molar-refractivity contribution in [2.45, 2.75) is 19.4 Å². The molecule has 1 atom stereocenters. The van der Waals surface area contributed by atoms with Gasteiger partial charge in [0, 0.05) is 5.69 Å². The van der Waals surface area contributed by atoms with E-state index in [-0.39, 0.29) is 18.2 Å². The number of urea groups is 1. The van der Waals surface area contributed by atoms with Gasteiger partial charge in [0.05, 0.1) is 18.2 Å². The fraction of sp³-hybridized carbons (Fsp3) is 0.333. The highest BCUT2D eigenvalue weighted by Crippen LogP contribution is 2.13. The van der Waals surface area contributed by atoms with Crippen LogP contribution < -0.4 is 10.6 Å². The lowest BCUT2D eigenvalue weighted by Gasteiger charge is -2.14. The van der Waals surface area contributed by atoms with Crippen LogP contribution in [0.4, 0.5) is 14.9 Å². The summed E-state index contributed by atoms with van der Waals surface area (Å²) in [6, 6.07) is 4.56. The molecule has 3 N–H and O–H groups in total. The number of benzene rings is 1. The zero-order chi connectivity index (χ0) is 13.5. The second-order valence-corrected chi connectivity index (χ2v) is 3.69. The van der Waals surface area contributed by atoms with Crippen LogP contribution in [0.2, 0.25) is 0 Å². The molecule has 1 rings (SSSR count). The summed E-state index contributed by atoms with van der Waals surface area (Å²) in [7, 11) is 0. The Hall–Kier alpha value is -2.13. The first kappa shape index (κ1) is 13.9. The number of nitrogens with zero attached hydrogens (tertiary/aromatic N) is 1. The fourth-order valence-corrected chi connectivity index (χ4v) is 1.32. The van der Waals surface area contributed by atoms with E-state index in [1.807, 2.05) is 6.92 Å². The van der Waals surface area contributed by atoms with Crippen LogP contribution in [0.25, 0.3) is 0 Å². The van der Waals surface area contributed by atoms with Crippen molar-refractivity contribution in [2.24, 2.45) is 0 Å². The maximum absolute atomic E-state index is 13.0. The van der Waals surface area contributed by atoms with Crippen molar-refractivity contribution in [3.05, 3.63) is 29.6 Å². The molecule has 0 aromatic heterocycles. The Morgan fingerprint density at radius 3 is 2.89 bits per heavy atom. The molecule has 0 spiro atoms. The number of rotatable bonds is 4. The summed E-state index contributed by atoms with van der Waals surface area (Å²) >= 11 is 0. The van der Waals surface area contributed by atoms with Gasteiger partial charge in [-0.3, -0.25) is 0 Å². The third kappa shape index (κ3) is 3.71. The normalized spacial score (nSPS) is 11.4. The van der Waals surface area contributed by atoms with E-state index in [9.17, 15) is 9.18 Å². The van der Waals surface area contributed by atoms with Crippen molar-refractivity contribution in [1.29, 1.82) is 5.26 Å². The highest BCUT2D eigenvalue weighted by Gasteiger charge is 2.10. The van der Waals surface area contributed by atoms with E-state index in [0.717, 1.165) is 6.07 Å². The summed E-state index contributed by atoms with van der Waals surface area (Å²) in [5, 5.41) is 22.6. The average molecular weight is 251 g/mol. The van der Waals surface area contributed by atoms with Gasteiger partial charge >= 0.3 is 6.03 Å². The van der Waals surface area contributed by atoms with Gasteiger partial charge in [-0.2, -0.15) is 5.26 Å². The molecule has 5 nitrogen and oxygen atoms in total. The van der Waals surface area contributed by atoms with E-state index in [1.165, 1.54) is 12.1 Å². The number of nitriles is 1. The Balaban J connectivity index is 2.68. The summed E-state index contributed by atoms with van der Waals surface area (Å²) in [4.78, 5) is 11.5. The standard InChI is InChI=1S/C12H14FN3O2/c1-2-9(7-17)15-12(18)16-10-3-4-11(13)8(5-10)6-14/h3-5,9,17H,2,7H2,1H3,(H2,15,16,18). The quantitative estimate of drug-likeness (QED) is 0.759. The van der Waals surface area contributed by atoms with Crippen LogP contribution in [0, 0.1) is 17.1 Å². The van der Waals surface area contributed by atoms with Crippen LogP contribution >= 0.6 is 0 Å². The van der Waals surface area contributed by atoms with Crippen molar-refractivity contribution < 1.29 is 14.3 Å². The second-order valence-electron chi connectivity index (χ2n) is 3.69. The zero-order valence-corrected chi connectivity index (χ0v) is 9.90. The molecule has 0 aliphatic rings. The van der Waals surface area contributed by atoms with Gasteiger partial charge < -0.3 is 15.7 Å². The smallest absolute Gasteiger partial charge is 0.319 e. The number of hydrogen-bond acceptors (Lipinski definition) is 3. The van der Waals surface area contributed by atoms with Crippen molar-refractivity contribution in [1.82, 2.24) is 5.32 Å². The first-order chi connectivity index (χ1) is 8.60. The third-order valence-electron chi connectivity index (χ3n) is 2.39. The van der Waals surface area contributed by atoms with Crippen LogP contribution in [-0.4, -0.2) is 23.8 Å². The maximum Gasteiger partial charge on any atom is 0.319 e. The lowest BCUT2D eigenvalue weighted by Crippen LogP contribution is -2.39. The van der Waals surface area contributed by atoms with E-state index in [2.05, 4.69) is 10.6 Å². The highest BCUT2D eigenvalue weighted by atomic mass is 19.1. The van der Waals surface area contributed by atoms with Gasteiger partial charge in [-0.25, -0.2) is 9.18 Å². The van der Waals surface area contributed by atoms with Gasteiger partial charge in [-0.15, -0.1) is 0 Å². The zero-order valence-electron chi connectivity index (χ0n) is 9.90. The highest BCUT2D eigenvalue weighted by molar-refractivity contribution is 5.89. The minimum absolute atomic E-state index is 0.137. The molecule has 2 amide bonds. The number of carbonyl (C=O) groups excluding carboxylic acids is 1. The predicted octanol–water partition coefficient (Wildman–Crippen LogP) is 1.59. The number of aliphatic hydroxyl groups is 1. The summed E-state index contributed by atoms with van der Waals surface area (Å²) in [5.74, 6) is -0.634. The molecule has 1 aromatic rings. The van der Waals surface area contributed by atoms with Gasteiger partial charge in [0.2, 0.25) is 0 Å². The third-order valence-corrected chi connectivity index (χ3v) is 2.39. The molecule has 96 valence electrons. The number of anilines is 1. The van der Waals surface area contributed by atoms with E-state index in [4.69, 9.17) is 10.4 Å². The predicted molar refractivity (Wildman–Crippen MR) is 64.4 cm³/mol. The number of hydrogen-bond donors (Lipinski definition) is 3. The van der Waals surface area contributed by atoms with Gasteiger partial charge in [-0.05, 0) is 24.6 Å². The van der Waals surface area contributed by atoms with Crippen molar-refractivity contribution in [3.63, 3.8) is 0 Å². The molecule has 6 heteroatoms. The number of aliphatic hydroxyl groups excluding tert-OH is 1. The molecule has 18 heavy (non-hydrogen) atoms. The Morgan fingerprint density at radius 1 is 1.61 bits per heavy atom. The number of nitrogens with one attached hydrogen (secondary N) is 2. The second kappa shape index (κ2) is 6.57. The number of amides is 2. The van der Waals surface area contributed by atoms with E-state index in [1.54, 1.807) is 6.07 Å². The molecule has 1 aromatic carbocycles. The Kier molecular flexibility index (Phi) is 5.08. The first-order valence-electron chi connectivity index (χ1n) is 5.48. The molecule has 0 saturated carbocycles. The maximum atomic E-state index is 13.0. The number of halogens is 1. The van der Waals surface area contributed by atoms with E-state index >= 15 is 0 Å². The van der Waals surface area contributed by atoms with E-state index < -0.39 is 11.8 Å². The van der Waals surface area contributed by atoms with Crippen LogP contribution in [-0.2, 0) is 0 Å². The van der Waals surface area contributed by atoms with Crippen molar-refractivity contribution >= 4 is 11.7 Å². The lowest BCUT2D eigenvalue weighted by molar-refractivity contribution is 0.222. The van der Waals surface area contributed by atoms with Gasteiger partial charge in [-0.1, -0.05) is 6.92 Å². The van der Waals surface area contributed by atoms with Crippen molar-refractivity contribution in [2.75, 3.05) is 11.9 Å². The molecular formula is C12H14FN3O2. The molecule has 0 radical (unpaired) electrons. The summed E-state index contributed by atoms with van der Waals surface area (Å²) < 4.78 is 13.0. The van der Waals surface area contributed by atoms with E-state index in [0.29, 0.717) is 12.1 Å². The Morgan fingerprint density at radius 2 is 2.33 bits per heavy atom. The molecule has 0 bridgehead atoms. The van der Waals surface area contributed by atoms with Crippen LogP contribution in [0.3, 0.4) is 0 Å². The molecule has 0 aliphatic heterocycles. The van der Waals surface area contributed by atoms with Crippen molar-refractivity contribution in [3.8, 4) is 6.07 Å². The van der Waals surface area contributed by atoms with Gasteiger partial charge in [0.1, 0.15) is 11.9 Å². The number of carbonyl (C=O) groups is 1. The molecular weight excluding hydrogens is 237 g/mol. The summed E-state index contributed by atoms with van der Waals surface area (Å²) in [6.45, 7) is 1.67. The minimum atomic E-state index is -0.634. The molecule has 0 fully saturated rings. The van der Waals surface area contributed by atoms with Crippen LogP contribution in [0.1, 0.15) is 18.9 Å². The Bertz CT molecular complexity index is 467. The average Bonchev–Trinajstić information content (AvgIpc) is 2.38. The lowest BCUT2D eigenvalue weighted by atomic mass is 10.2. The SMILES string of the molecule is CCC(CO)NC(=O)Nc1ccc(F)c(C#N)c1. The fourth-order valence-electron chi connectivity index (χ4n) is 1.32. The molecule has 0 aliphatic carbocycles. The molecule has 0 saturated heterocycles. The largest absolute Gasteiger partial charge is 0.394 e. The topological polar surface area (TPSA) is 85.2 Å². The minimum Gasteiger partial charge on any atom is -0.394 e. The molecule has 0 heterocycles. The van der Waals surface area contributed by atoms with Gasteiger partial charge in [0.25, 0.3) is 0 Å². The molecule has 1 unspecified atom stereocenters. The van der Waals surface area contributed by atoms with Crippen LogP contribution in [0.15, 0.2) is 18.2 Å². The first-order valence-corrected chi connectivity index (χ1v) is 5.48. The summed E-state index contributed by atoms with van der Waals surface area (Å²) in [5.41, 5.74) is 0.181. The Labute approximate surface area is 104 Å². The monoisotopic (exact) mass is 251 g/mol.